The van der Waals surface area contributed by atoms with E-state index >= 15 is 0 Å². The highest BCUT2D eigenvalue weighted by Crippen LogP contribution is 2.13. The lowest BCUT2D eigenvalue weighted by atomic mass is 10.1. The number of nitrogens with one attached hydrogen (secondary N) is 3. The molecule has 2 aromatic rings. The number of hydrogen-bond acceptors (Lipinski definition) is 4. The van der Waals surface area contributed by atoms with Gasteiger partial charge in [-0.1, -0.05) is 30.3 Å². The minimum atomic E-state index is -0.491. The highest BCUT2D eigenvalue weighted by molar-refractivity contribution is 5.93. The number of benzene rings is 1. The molecule has 1 aliphatic rings. The smallest absolute Gasteiger partial charge is 0.319 e. The third kappa shape index (κ3) is 4.94. The third-order valence-electron chi connectivity index (χ3n) is 3.81. The Bertz CT molecular complexity index is 719. The molecule has 7 heteroatoms. The summed E-state index contributed by atoms with van der Waals surface area (Å²) < 4.78 is 5.60. The maximum absolute atomic E-state index is 12.0. The van der Waals surface area contributed by atoms with Crippen LogP contribution in [0.1, 0.15) is 18.4 Å². The van der Waals surface area contributed by atoms with Crippen LogP contribution in [-0.4, -0.2) is 29.5 Å². The number of aromatic nitrogens is 1. The second kappa shape index (κ2) is 8.14. The normalized spacial score (nSPS) is 16.6. The van der Waals surface area contributed by atoms with E-state index in [4.69, 9.17) is 4.74 Å². The Labute approximate surface area is 145 Å². The van der Waals surface area contributed by atoms with Crippen molar-refractivity contribution in [2.24, 2.45) is 0 Å². The highest BCUT2D eigenvalue weighted by atomic mass is 16.5. The third-order valence-corrected chi connectivity index (χ3v) is 3.81. The minimum absolute atomic E-state index is 0.149. The Balaban J connectivity index is 1.48. The van der Waals surface area contributed by atoms with Gasteiger partial charge in [0.1, 0.15) is 12.6 Å². The van der Waals surface area contributed by atoms with Crippen LogP contribution in [0, 0.1) is 0 Å². The van der Waals surface area contributed by atoms with Gasteiger partial charge in [0.05, 0.1) is 11.9 Å². The van der Waals surface area contributed by atoms with E-state index < -0.39 is 12.1 Å². The fourth-order valence-corrected chi connectivity index (χ4v) is 2.51. The van der Waals surface area contributed by atoms with Crippen molar-refractivity contribution in [1.82, 2.24) is 15.6 Å². The molecule has 0 bridgehead atoms. The number of carbonyl (C=O) groups is 2. The number of rotatable bonds is 5. The molecule has 1 atom stereocenters. The summed E-state index contributed by atoms with van der Waals surface area (Å²) in [6.07, 6.45) is 3.01. The van der Waals surface area contributed by atoms with Crippen molar-refractivity contribution < 1.29 is 14.3 Å². The SMILES string of the molecule is O=C(Nc1ccc(OCc2ccccc2)nc1)NC1CCCNC1=O. The summed E-state index contributed by atoms with van der Waals surface area (Å²) in [7, 11) is 0. The van der Waals surface area contributed by atoms with Gasteiger partial charge in [0.2, 0.25) is 11.8 Å². The van der Waals surface area contributed by atoms with E-state index in [1.165, 1.54) is 6.20 Å². The molecule has 3 rings (SSSR count). The van der Waals surface area contributed by atoms with Gasteiger partial charge in [-0.2, -0.15) is 0 Å². The molecule has 1 unspecified atom stereocenters. The molecule has 1 fully saturated rings. The molecule has 7 nitrogen and oxygen atoms in total. The van der Waals surface area contributed by atoms with Gasteiger partial charge in [-0.05, 0) is 24.5 Å². The number of piperidine rings is 1. The maximum atomic E-state index is 12.0. The molecule has 0 saturated carbocycles. The molecule has 3 N–H and O–H groups in total. The number of nitrogens with zero attached hydrogens (tertiary/aromatic N) is 1. The van der Waals surface area contributed by atoms with Crippen molar-refractivity contribution in [3.05, 3.63) is 54.2 Å². The molecule has 130 valence electrons. The number of ether oxygens (including phenoxy) is 1. The van der Waals surface area contributed by atoms with E-state index in [-0.39, 0.29) is 5.91 Å². The van der Waals surface area contributed by atoms with Gasteiger partial charge in [-0.25, -0.2) is 9.78 Å². The topological polar surface area (TPSA) is 92.3 Å². The zero-order valence-corrected chi connectivity index (χ0v) is 13.7. The molecular weight excluding hydrogens is 320 g/mol. The van der Waals surface area contributed by atoms with E-state index in [2.05, 4.69) is 20.9 Å². The molecule has 1 aromatic heterocycles. The second-order valence-electron chi connectivity index (χ2n) is 5.74. The van der Waals surface area contributed by atoms with Gasteiger partial charge in [0.15, 0.2) is 0 Å². The van der Waals surface area contributed by atoms with Crippen LogP contribution in [0.5, 0.6) is 5.88 Å². The molecule has 0 aliphatic carbocycles. The summed E-state index contributed by atoms with van der Waals surface area (Å²) in [4.78, 5) is 27.8. The van der Waals surface area contributed by atoms with Crippen LogP contribution in [-0.2, 0) is 11.4 Å². The Kier molecular flexibility index (Phi) is 5.46. The van der Waals surface area contributed by atoms with Gasteiger partial charge in [0.25, 0.3) is 0 Å². The molecular formula is C18H20N4O3. The predicted molar refractivity (Wildman–Crippen MR) is 93.2 cm³/mol. The number of anilines is 1. The number of hydrogen-bond donors (Lipinski definition) is 3. The Morgan fingerprint density at radius 3 is 2.80 bits per heavy atom. The van der Waals surface area contributed by atoms with E-state index in [0.29, 0.717) is 31.1 Å². The average molecular weight is 340 g/mol. The van der Waals surface area contributed by atoms with E-state index in [1.54, 1.807) is 12.1 Å². The largest absolute Gasteiger partial charge is 0.473 e. The first kappa shape index (κ1) is 16.8. The maximum Gasteiger partial charge on any atom is 0.319 e. The lowest BCUT2D eigenvalue weighted by Gasteiger charge is -2.22. The van der Waals surface area contributed by atoms with E-state index in [1.807, 2.05) is 30.3 Å². The van der Waals surface area contributed by atoms with Crippen LogP contribution in [0.3, 0.4) is 0 Å². The van der Waals surface area contributed by atoms with Crippen LogP contribution in [0.2, 0.25) is 0 Å². The molecule has 1 saturated heterocycles. The fraction of sp³-hybridized carbons (Fsp3) is 0.278. The lowest BCUT2D eigenvalue weighted by Crippen LogP contribution is -2.51. The second-order valence-corrected chi connectivity index (χ2v) is 5.74. The van der Waals surface area contributed by atoms with Crippen molar-refractivity contribution in [1.29, 1.82) is 0 Å². The van der Waals surface area contributed by atoms with Gasteiger partial charge in [-0.15, -0.1) is 0 Å². The minimum Gasteiger partial charge on any atom is -0.473 e. The van der Waals surface area contributed by atoms with Crippen molar-refractivity contribution in [3.63, 3.8) is 0 Å². The van der Waals surface area contributed by atoms with Gasteiger partial charge < -0.3 is 20.7 Å². The van der Waals surface area contributed by atoms with Crippen molar-refractivity contribution in [3.8, 4) is 5.88 Å². The predicted octanol–water partition coefficient (Wildman–Crippen LogP) is 2.06. The summed E-state index contributed by atoms with van der Waals surface area (Å²) in [5, 5.41) is 8.05. The van der Waals surface area contributed by atoms with Crippen LogP contribution in [0.4, 0.5) is 10.5 Å². The zero-order chi connectivity index (χ0) is 17.5. The number of urea groups is 1. The highest BCUT2D eigenvalue weighted by Gasteiger charge is 2.23. The quantitative estimate of drug-likeness (QED) is 0.777. The molecule has 25 heavy (non-hydrogen) atoms. The first-order valence-corrected chi connectivity index (χ1v) is 8.19. The van der Waals surface area contributed by atoms with E-state index in [0.717, 1.165) is 12.0 Å². The molecule has 1 aromatic carbocycles. The fourth-order valence-electron chi connectivity index (χ4n) is 2.51. The summed E-state index contributed by atoms with van der Waals surface area (Å²) in [5.74, 6) is 0.325. The van der Waals surface area contributed by atoms with Crippen molar-refractivity contribution in [2.45, 2.75) is 25.5 Å². The monoisotopic (exact) mass is 340 g/mol. The van der Waals surface area contributed by atoms with Crippen LogP contribution >= 0.6 is 0 Å². The molecule has 0 spiro atoms. The Morgan fingerprint density at radius 2 is 2.08 bits per heavy atom. The first-order valence-electron chi connectivity index (χ1n) is 8.19. The summed E-state index contributed by atoms with van der Waals surface area (Å²) in [6.45, 7) is 1.09. The van der Waals surface area contributed by atoms with Gasteiger partial charge in [0, 0.05) is 12.6 Å². The lowest BCUT2D eigenvalue weighted by molar-refractivity contribution is -0.124. The van der Waals surface area contributed by atoms with Crippen LogP contribution < -0.4 is 20.7 Å². The van der Waals surface area contributed by atoms with Crippen molar-refractivity contribution >= 4 is 17.6 Å². The summed E-state index contributed by atoms with van der Waals surface area (Å²) in [5.41, 5.74) is 1.58. The van der Waals surface area contributed by atoms with Gasteiger partial charge in [-0.3, -0.25) is 4.79 Å². The zero-order valence-electron chi connectivity index (χ0n) is 13.7. The average Bonchev–Trinajstić information content (AvgIpc) is 2.64. The van der Waals surface area contributed by atoms with Crippen molar-refractivity contribution in [2.75, 3.05) is 11.9 Å². The first-order chi connectivity index (χ1) is 12.2. The Hall–Kier alpha value is -3.09. The summed E-state index contributed by atoms with van der Waals surface area (Å²) in [6, 6.07) is 12.3. The van der Waals surface area contributed by atoms with Crippen LogP contribution in [0.15, 0.2) is 48.7 Å². The van der Waals surface area contributed by atoms with Gasteiger partial charge >= 0.3 is 6.03 Å². The molecule has 2 heterocycles. The van der Waals surface area contributed by atoms with E-state index in [9.17, 15) is 9.59 Å². The molecule has 3 amide bonds. The summed E-state index contributed by atoms with van der Waals surface area (Å²) >= 11 is 0. The Morgan fingerprint density at radius 1 is 1.24 bits per heavy atom. The molecule has 0 radical (unpaired) electrons. The number of carbonyl (C=O) groups excluding carboxylic acids is 2. The molecule has 1 aliphatic heterocycles. The standard InChI is InChI=1S/C18H20N4O3/c23-17-15(7-4-10-19-17)22-18(24)21-14-8-9-16(20-11-14)25-12-13-5-2-1-3-6-13/h1-3,5-6,8-9,11,15H,4,7,10,12H2,(H,19,23)(H2,21,22,24). The number of pyridine rings is 1. The number of amides is 3. The van der Waals surface area contributed by atoms with Crippen LogP contribution in [0.25, 0.3) is 0 Å².